The second-order valence-electron chi connectivity index (χ2n) is 4.74. The molecule has 0 saturated carbocycles. The molecule has 1 fully saturated rings. The van der Waals surface area contributed by atoms with Crippen molar-refractivity contribution < 1.29 is 19.0 Å². The molecule has 2 aromatic rings. The number of para-hydroxylation sites is 1. The Morgan fingerprint density at radius 3 is 2.48 bits per heavy atom. The molecule has 0 atom stereocenters. The molecule has 0 radical (unpaired) electrons. The molecule has 0 aromatic heterocycles. The lowest BCUT2D eigenvalue weighted by Gasteiger charge is -2.09. The first-order valence-corrected chi connectivity index (χ1v) is 6.90. The van der Waals surface area contributed by atoms with Crippen LogP contribution in [0.15, 0.2) is 54.6 Å². The predicted molar refractivity (Wildman–Crippen MR) is 77.6 cm³/mol. The third kappa shape index (κ3) is 3.68. The van der Waals surface area contributed by atoms with E-state index in [1.54, 1.807) is 12.1 Å². The fraction of sp³-hybridized carbons (Fsp3) is 0.235. The molecule has 3 rings (SSSR count). The lowest BCUT2D eigenvalue weighted by Crippen LogP contribution is -2.14. The van der Waals surface area contributed by atoms with Gasteiger partial charge in [-0.2, -0.15) is 0 Å². The van der Waals surface area contributed by atoms with Crippen LogP contribution in [-0.4, -0.2) is 25.3 Å². The van der Waals surface area contributed by atoms with E-state index in [9.17, 15) is 4.79 Å². The van der Waals surface area contributed by atoms with E-state index < -0.39 is 6.29 Å². The van der Waals surface area contributed by atoms with Crippen LogP contribution >= 0.6 is 0 Å². The van der Waals surface area contributed by atoms with Crippen LogP contribution in [0.3, 0.4) is 0 Å². The SMILES string of the molecule is O=C(CC1OCCO1)c1cccc(Oc2ccccc2)c1. The molecule has 1 heterocycles. The molecule has 0 aliphatic carbocycles. The van der Waals surface area contributed by atoms with E-state index in [0.717, 1.165) is 5.75 Å². The molecule has 0 N–H and O–H groups in total. The Bertz CT molecular complexity index is 603. The van der Waals surface area contributed by atoms with Crippen LogP contribution in [0.1, 0.15) is 16.8 Å². The Labute approximate surface area is 123 Å². The Morgan fingerprint density at radius 2 is 1.71 bits per heavy atom. The summed E-state index contributed by atoms with van der Waals surface area (Å²) in [7, 11) is 0. The first-order chi connectivity index (χ1) is 10.3. The molecule has 1 aliphatic rings. The van der Waals surface area contributed by atoms with Crippen molar-refractivity contribution in [3.8, 4) is 11.5 Å². The Kier molecular flexibility index (Phi) is 4.28. The summed E-state index contributed by atoms with van der Waals surface area (Å²) in [6, 6.07) is 16.6. The number of ketones is 1. The number of carbonyl (C=O) groups excluding carboxylic acids is 1. The van der Waals surface area contributed by atoms with Gasteiger partial charge in [0.05, 0.1) is 19.6 Å². The van der Waals surface area contributed by atoms with Crippen molar-refractivity contribution in [3.63, 3.8) is 0 Å². The molecule has 0 unspecified atom stereocenters. The minimum absolute atomic E-state index is 0.0135. The summed E-state index contributed by atoms with van der Waals surface area (Å²) < 4.78 is 16.3. The average molecular weight is 284 g/mol. The zero-order valence-electron chi connectivity index (χ0n) is 11.5. The molecular formula is C17H16O4. The first kappa shape index (κ1) is 13.8. The van der Waals surface area contributed by atoms with Crippen LogP contribution in [-0.2, 0) is 9.47 Å². The maximum atomic E-state index is 12.2. The largest absolute Gasteiger partial charge is 0.457 e. The number of rotatable bonds is 5. The maximum absolute atomic E-state index is 12.2. The highest BCUT2D eigenvalue weighted by molar-refractivity contribution is 5.96. The van der Waals surface area contributed by atoms with Gasteiger partial charge in [-0.3, -0.25) is 4.79 Å². The molecule has 0 amide bonds. The fourth-order valence-corrected chi connectivity index (χ4v) is 2.15. The van der Waals surface area contributed by atoms with Crippen LogP contribution in [0.4, 0.5) is 0 Å². The Morgan fingerprint density at radius 1 is 1.00 bits per heavy atom. The molecule has 21 heavy (non-hydrogen) atoms. The summed E-state index contributed by atoms with van der Waals surface area (Å²) in [5.41, 5.74) is 0.600. The molecule has 1 saturated heterocycles. The first-order valence-electron chi connectivity index (χ1n) is 6.90. The van der Waals surface area contributed by atoms with Gasteiger partial charge in [-0.05, 0) is 24.3 Å². The van der Waals surface area contributed by atoms with Gasteiger partial charge in [-0.15, -0.1) is 0 Å². The standard InChI is InChI=1S/C17H16O4/c18-16(12-17-19-9-10-20-17)13-5-4-8-15(11-13)21-14-6-2-1-3-7-14/h1-8,11,17H,9-10,12H2. The molecular weight excluding hydrogens is 268 g/mol. The highest BCUT2D eigenvalue weighted by Gasteiger charge is 2.20. The van der Waals surface area contributed by atoms with Gasteiger partial charge in [0.15, 0.2) is 12.1 Å². The third-order valence-corrected chi connectivity index (χ3v) is 3.18. The van der Waals surface area contributed by atoms with Gasteiger partial charge in [0.25, 0.3) is 0 Å². The van der Waals surface area contributed by atoms with Gasteiger partial charge in [0.2, 0.25) is 0 Å². The summed E-state index contributed by atoms with van der Waals surface area (Å²) >= 11 is 0. The van der Waals surface area contributed by atoms with Gasteiger partial charge < -0.3 is 14.2 Å². The van der Waals surface area contributed by atoms with Gasteiger partial charge in [0, 0.05) is 5.56 Å². The number of Topliss-reactive ketones (excluding diaryl/α,β-unsaturated/α-hetero) is 1. The second kappa shape index (κ2) is 6.52. The van der Waals surface area contributed by atoms with Crippen molar-refractivity contribution in [1.29, 1.82) is 0 Å². The zero-order valence-corrected chi connectivity index (χ0v) is 11.5. The molecule has 1 aliphatic heterocycles. The molecule has 0 bridgehead atoms. The second-order valence-corrected chi connectivity index (χ2v) is 4.74. The van der Waals surface area contributed by atoms with Crippen LogP contribution < -0.4 is 4.74 Å². The minimum Gasteiger partial charge on any atom is -0.457 e. The lowest BCUT2D eigenvalue weighted by atomic mass is 10.1. The third-order valence-electron chi connectivity index (χ3n) is 3.18. The normalized spacial score (nSPS) is 15.0. The average Bonchev–Trinajstić information content (AvgIpc) is 3.01. The highest BCUT2D eigenvalue weighted by Crippen LogP contribution is 2.23. The molecule has 108 valence electrons. The van der Waals surface area contributed by atoms with Crippen LogP contribution in [0.2, 0.25) is 0 Å². The van der Waals surface area contributed by atoms with Crippen LogP contribution in [0, 0.1) is 0 Å². The highest BCUT2D eigenvalue weighted by atomic mass is 16.7. The van der Waals surface area contributed by atoms with Crippen molar-refractivity contribution in [1.82, 2.24) is 0 Å². The van der Waals surface area contributed by atoms with Crippen molar-refractivity contribution in [3.05, 3.63) is 60.2 Å². The van der Waals surface area contributed by atoms with E-state index in [1.807, 2.05) is 42.5 Å². The topological polar surface area (TPSA) is 44.8 Å². The van der Waals surface area contributed by atoms with Crippen molar-refractivity contribution in [2.24, 2.45) is 0 Å². The summed E-state index contributed by atoms with van der Waals surface area (Å²) in [6.07, 6.45) is -0.189. The number of hydrogen-bond donors (Lipinski definition) is 0. The van der Waals surface area contributed by atoms with Gasteiger partial charge >= 0.3 is 0 Å². The zero-order chi connectivity index (χ0) is 14.5. The Balaban J connectivity index is 1.69. The van der Waals surface area contributed by atoms with Gasteiger partial charge in [-0.25, -0.2) is 0 Å². The molecule has 2 aromatic carbocycles. The van der Waals surface area contributed by atoms with E-state index in [-0.39, 0.29) is 12.2 Å². The minimum atomic E-state index is -0.420. The smallest absolute Gasteiger partial charge is 0.168 e. The lowest BCUT2D eigenvalue weighted by molar-refractivity contribution is -0.0407. The maximum Gasteiger partial charge on any atom is 0.168 e. The van der Waals surface area contributed by atoms with Crippen LogP contribution in [0.25, 0.3) is 0 Å². The van der Waals surface area contributed by atoms with Crippen LogP contribution in [0.5, 0.6) is 11.5 Å². The van der Waals surface area contributed by atoms with E-state index in [0.29, 0.717) is 24.5 Å². The summed E-state index contributed by atoms with van der Waals surface area (Å²) in [5, 5.41) is 0. The number of carbonyl (C=O) groups is 1. The summed E-state index contributed by atoms with van der Waals surface area (Å²) in [5.74, 6) is 1.37. The Hall–Kier alpha value is -2.17. The molecule has 4 nitrogen and oxygen atoms in total. The monoisotopic (exact) mass is 284 g/mol. The van der Waals surface area contributed by atoms with E-state index in [4.69, 9.17) is 14.2 Å². The van der Waals surface area contributed by atoms with Crippen molar-refractivity contribution in [2.45, 2.75) is 12.7 Å². The van der Waals surface area contributed by atoms with Crippen molar-refractivity contribution >= 4 is 5.78 Å². The molecule has 0 spiro atoms. The summed E-state index contributed by atoms with van der Waals surface area (Å²) in [6.45, 7) is 1.10. The quantitative estimate of drug-likeness (QED) is 0.789. The summed E-state index contributed by atoms with van der Waals surface area (Å²) in [4.78, 5) is 12.2. The predicted octanol–water partition coefficient (Wildman–Crippen LogP) is 3.42. The van der Waals surface area contributed by atoms with E-state index in [2.05, 4.69) is 0 Å². The van der Waals surface area contributed by atoms with E-state index >= 15 is 0 Å². The van der Waals surface area contributed by atoms with Gasteiger partial charge in [0.1, 0.15) is 11.5 Å². The number of hydrogen-bond acceptors (Lipinski definition) is 4. The molecule has 4 heteroatoms. The number of ether oxygens (including phenoxy) is 3. The van der Waals surface area contributed by atoms with Gasteiger partial charge in [-0.1, -0.05) is 30.3 Å². The fourth-order valence-electron chi connectivity index (χ4n) is 2.15. The number of benzene rings is 2. The van der Waals surface area contributed by atoms with Crippen molar-refractivity contribution in [2.75, 3.05) is 13.2 Å². The van der Waals surface area contributed by atoms with E-state index in [1.165, 1.54) is 0 Å².